The fraction of sp³-hybridized carbons (Fsp3) is 0.103. The molecule has 0 atom stereocenters. The SMILES string of the molecule is C[Si](C)(C)c1ccc(N(c2c(F)cc(-c3ccccc3)cc2F)c2ccc3ccc4c(N(c5ccc([Si](C)(C)C)cc5)c5c(F)cc(-c6ccccc6)cc5F)ccc5ccc2c3c54)cc1. The number of anilines is 6. The van der Waals surface area contributed by atoms with Crippen LogP contribution in [0.1, 0.15) is 0 Å². The summed E-state index contributed by atoms with van der Waals surface area (Å²) in [5.41, 5.74) is 4.29. The van der Waals surface area contributed by atoms with Crippen LogP contribution in [0, 0.1) is 23.3 Å². The number of halogens is 4. The lowest BCUT2D eigenvalue weighted by atomic mass is 9.91. The van der Waals surface area contributed by atoms with Gasteiger partial charge in [0.1, 0.15) is 11.4 Å². The Morgan fingerprint density at radius 2 is 0.652 bits per heavy atom. The van der Waals surface area contributed by atoms with Crippen LogP contribution in [0.5, 0.6) is 0 Å². The van der Waals surface area contributed by atoms with Gasteiger partial charge in [-0.3, -0.25) is 0 Å². The molecule has 0 aromatic heterocycles. The van der Waals surface area contributed by atoms with E-state index in [0.717, 1.165) is 32.3 Å². The molecular weight excluding hydrogens is 857 g/mol. The molecule has 10 aromatic rings. The van der Waals surface area contributed by atoms with Crippen LogP contribution in [0.3, 0.4) is 0 Å². The Labute approximate surface area is 385 Å². The van der Waals surface area contributed by atoms with Crippen LogP contribution in [-0.2, 0) is 0 Å². The molecule has 0 unspecified atom stereocenters. The standard InChI is InChI=1S/C58H48F4N2Si2/c1-65(2,3)45-25-21-43(22-26-45)63(57-49(59)33-41(34-50(57)60)37-13-9-7-10-14-37)53-31-19-39-18-30-48-54(32-20-40-17-29-47(53)55(39)56(40)48)64(44-23-27-46(28-24-44)66(4,5)6)58-51(61)35-42(36-52(58)62)38-15-11-8-12-16-38/h7-36H,1-6H3. The fourth-order valence-corrected chi connectivity index (χ4v) is 11.6. The molecule has 2 nitrogen and oxygen atoms in total. The maximum absolute atomic E-state index is 16.9. The molecule has 0 bridgehead atoms. The zero-order valence-electron chi connectivity index (χ0n) is 37.7. The van der Waals surface area contributed by atoms with Crippen molar-refractivity contribution in [2.24, 2.45) is 0 Å². The average molecular weight is 905 g/mol. The van der Waals surface area contributed by atoms with E-state index < -0.39 is 39.4 Å². The zero-order chi connectivity index (χ0) is 46.1. The van der Waals surface area contributed by atoms with Gasteiger partial charge in [-0.1, -0.05) is 171 Å². The third-order valence-corrected chi connectivity index (χ3v) is 16.9. The summed E-state index contributed by atoms with van der Waals surface area (Å²) in [4.78, 5) is 3.37. The van der Waals surface area contributed by atoms with E-state index in [0.29, 0.717) is 45.0 Å². The lowest BCUT2D eigenvalue weighted by molar-refractivity contribution is 0.586. The first-order chi connectivity index (χ1) is 31.7. The van der Waals surface area contributed by atoms with Crippen LogP contribution < -0.4 is 20.2 Å². The predicted octanol–water partition coefficient (Wildman–Crippen LogP) is 16.5. The summed E-state index contributed by atoms with van der Waals surface area (Å²) in [6, 6.07) is 56.0. The van der Waals surface area contributed by atoms with Crippen molar-refractivity contribution in [1.29, 1.82) is 0 Å². The van der Waals surface area contributed by atoms with Crippen molar-refractivity contribution in [1.82, 2.24) is 0 Å². The van der Waals surface area contributed by atoms with Crippen LogP contribution in [0.25, 0.3) is 54.6 Å². The summed E-state index contributed by atoms with van der Waals surface area (Å²) in [5.74, 6) is -2.80. The normalized spacial score (nSPS) is 12.1. The first kappa shape index (κ1) is 42.9. The number of hydrogen-bond donors (Lipinski definition) is 0. The molecule has 0 aliphatic rings. The molecule has 66 heavy (non-hydrogen) atoms. The Bertz CT molecular complexity index is 3140. The second-order valence-electron chi connectivity index (χ2n) is 19.2. The molecule has 0 aliphatic heterocycles. The number of hydrogen-bond acceptors (Lipinski definition) is 2. The molecule has 0 heterocycles. The molecular formula is C58H48F4N2Si2. The number of nitrogens with zero attached hydrogens (tertiary/aromatic N) is 2. The van der Waals surface area contributed by atoms with Crippen LogP contribution >= 0.6 is 0 Å². The minimum absolute atomic E-state index is 0.191. The number of benzene rings is 10. The summed E-state index contributed by atoms with van der Waals surface area (Å²) in [6.07, 6.45) is 0. The van der Waals surface area contributed by atoms with Gasteiger partial charge in [-0.25, -0.2) is 17.6 Å². The van der Waals surface area contributed by atoms with Crippen LogP contribution in [-0.4, -0.2) is 16.1 Å². The van der Waals surface area contributed by atoms with Gasteiger partial charge >= 0.3 is 0 Å². The average Bonchev–Trinajstić information content (AvgIpc) is 3.31. The van der Waals surface area contributed by atoms with E-state index in [4.69, 9.17) is 0 Å². The molecule has 0 amide bonds. The van der Waals surface area contributed by atoms with E-state index >= 15 is 17.6 Å². The molecule has 0 spiro atoms. The predicted molar refractivity (Wildman–Crippen MR) is 276 cm³/mol. The second kappa shape index (κ2) is 16.5. The maximum atomic E-state index is 16.9. The molecule has 326 valence electrons. The Kier molecular flexibility index (Phi) is 10.7. The van der Waals surface area contributed by atoms with Gasteiger partial charge in [0, 0.05) is 22.1 Å². The molecule has 0 fully saturated rings. The van der Waals surface area contributed by atoms with E-state index in [9.17, 15) is 0 Å². The summed E-state index contributed by atoms with van der Waals surface area (Å²) in [7, 11) is -3.44. The summed E-state index contributed by atoms with van der Waals surface area (Å²) in [5, 5.41) is 7.52. The van der Waals surface area contributed by atoms with Crippen molar-refractivity contribution in [2.45, 2.75) is 39.3 Å². The molecule has 0 saturated carbocycles. The molecule has 0 N–H and O–H groups in total. The fourth-order valence-electron chi connectivity index (χ4n) is 9.31. The third-order valence-electron chi connectivity index (χ3n) is 12.8. The topological polar surface area (TPSA) is 6.48 Å². The molecule has 0 radical (unpaired) electrons. The Balaban J connectivity index is 1.21. The number of rotatable bonds is 10. The molecule has 8 heteroatoms. The Morgan fingerprint density at radius 1 is 0.333 bits per heavy atom. The monoisotopic (exact) mass is 904 g/mol. The van der Waals surface area contributed by atoms with Crippen molar-refractivity contribution in [2.75, 3.05) is 9.80 Å². The van der Waals surface area contributed by atoms with E-state index in [1.54, 1.807) is 9.80 Å². The van der Waals surface area contributed by atoms with Gasteiger partial charge in [0.15, 0.2) is 23.3 Å². The summed E-state index contributed by atoms with van der Waals surface area (Å²) < 4.78 is 67.5. The largest absolute Gasteiger partial charge is 0.305 e. The highest BCUT2D eigenvalue weighted by Gasteiger charge is 2.29. The van der Waals surface area contributed by atoms with E-state index in [2.05, 4.69) is 63.5 Å². The molecule has 10 aromatic carbocycles. The second-order valence-corrected chi connectivity index (χ2v) is 29.3. The van der Waals surface area contributed by atoms with Gasteiger partial charge in [0.05, 0.1) is 27.5 Å². The van der Waals surface area contributed by atoms with Crippen LogP contribution in [0.15, 0.2) is 182 Å². The highest BCUT2D eigenvalue weighted by molar-refractivity contribution is 6.89. The van der Waals surface area contributed by atoms with Gasteiger partial charge in [-0.05, 0) is 104 Å². The van der Waals surface area contributed by atoms with Crippen molar-refractivity contribution >= 4 is 93.0 Å². The molecule has 0 aliphatic carbocycles. The van der Waals surface area contributed by atoms with E-state index in [1.807, 2.05) is 133 Å². The van der Waals surface area contributed by atoms with Gasteiger partial charge in [0.2, 0.25) is 0 Å². The third kappa shape index (κ3) is 7.63. The van der Waals surface area contributed by atoms with Crippen molar-refractivity contribution in [3.05, 3.63) is 205 Å². The molecule has 10 rings (SSSR count). The first-order valence-corrected chi connectivity index (χ1v) is 29.3. The minimum atomic E-state index is -1.72. The van der Waals surface area contributed by atoms with Crippen molar-refractivity contribution in [3.8, 4) is 22.3 Å². The minimum Gasteiger partial charge on any atom is -0.305 e. The van der Waals surface area contributed by atoms with Gasteiger partial charge in [-0.2, -0.15) is 0 Å². The van der Waals surface area contributed by atoms with Gasteiger partial charge in [0.25, 0.3) is 0 Å². The zero-order valence-corrected chi connectivity index (χ0v) is 39.7. The lowest BCUT2D eigenvalue weighted by Crippen LogP contribution is -2.37. The van der Waals surface area contributed by atoms with Gasteiger partial charge < -0.3 is 9.80 Å². The van der Waals surface area contributed by atoms with Crippen molar-refractivity contribution in [3.63, 3.8) is 0 Å². The first-order valence-electron chi connectivity index (χ1n) is 22.3. The summed E-state index contributed by atoms with van der Waals surface area (Å²) >= 11 is 0. The van der Waals surface area contributed by atoms with Crippen molar-refractivity contribution < 1.29 is 17.6 Å². The Morgan fingerprint density at radius 3 is 0.970 bits per heavy atom. The van der Waals surface area contributed by atoms with Crippen LogP contribution in [0.4, 0.5) is 51.7 Å². The smallest absolute Gasteiger partial charge is 0.150 e. The lowest BCUT2D eigenvalue weighted by Gasteiger charge is -2.30. The Hall–Kier alpha value is -7.01. The van der Waals surface area contributed by atoms with Crippen LogP contribution in [0.2, 0.25) is 39.3 Å². The van der Waals surface area contributed by atoms with E-state index in [-0.39, 0.29) is 11.4 Å². The van der Waals surface area contributed by atoms with Gasteiger partial charge in [-0.15, -0.1) is 0 Å². The highest BCUT2D eigenvalue weighted by Crippen LogP contribution is 2.49. The molecule has 0 saturated heterocycles. The summed E-state index contributed by atoms with van der Waals surface area (Å²) in [6.45, 7) is 13.6. The highest BCUT2D eigenvalue weighted by atomic mass is 28.3. The quantitative estimate of drug-likeness (QED) is 0.0766. The van der Waals surface area contributed by atoms with E-state index in [1.165, 1.54) is 34.6 Å². The maximum Gasteiger partial charge on any atom is 0.150 e.